The predicted octanol–water partition coefficient (Wildman–Crippen LogP) is 1.26. The van der Waals surface area contributed by atoms with Crippen LogP contribution in [0.15, 0.2) is 30.5 Å². The molecule has 1 aliphatic rings. The lowest BCUT2D eigenvalue weighted by molar-refractivity contribution is -0.144. The van der Waals surface area contributed by atoms with Gasteiger partial charge in [-0.3, -0.25) is 9.59 Å². The Morgan fingerprint density at radius 2 is 2.00 bits per heavy atom. The summed E-state index contributed by atoms with van der Waals surface area (Å²) in [5, 5.41) is 20.1. The molecule has 1 aliphatic heterocycles. The van der Waals surface area contributed by atoms with Gasteiger partial charge in [-0.2, -0.15) is 9.90 Å². The fourth-order valence-corrected chi connectivity index (χ4v) is 2.93. The summed E-state index contributed by atoms with van der Waals surface area (Å²) in [5.74, 6) is -2.53. The number of aromatic nitrogens is 3. The van der Waals surface area contributed by atoms with Crippen molar-refractivity contribution in [3.8, 4) is 5.69 Å². The highest BCUT2D eigenvalue weighted by molar-refractivity contribution is 5.92. The highest BCUT2D eigenvalue weighted by Gasteiger charge is 2.30. The van der Waals surface area contributed by atoms with E-state index < -0.39 is 17.8 Å². The average molecular weight is 362 g/mol. The molecule has 26 heavy (non-hydrogen) atoms. The van der Waals surface area contributed by atoms with E-state index in [2.05, 4.69) is 15.5 Å². The number of ether oxygens (including phenoxy) is 1. The summed E-state index contributed by atoms with van der Waals surface area (Å²) >= 11 is 0. The SMILES string of the molecule is O=C(NCC(C(=O)O)C1CCOCC1)c1cnn(-c2ccc(F)cc2)n1. The van der Waals surface area contributed by atoms with Crippen LogP contribution in [0.3, 0.4) is 0 Å². The molecule has 2 N–H and O–H groups in total. The van der Waals surface area contributed by atoms with Gasteiger partial charge in [0.25, 0.3) is 5.91 Å². The van der Waals surface area contributed by atoms with E-state index in [1.165, 1.54) is 35.3 Å². The summed E-state index contributed by atoms with van der Waals surface area (Å²) in [7, 11) is 0. The minimum absolute atomic E-state index is 0.0161. The quantitative estimate of drug-likeness (QED) is 0.801. The molecule has 1 atom stereocenters. The van der Waals surface area contributed by atoms with Crippen LogP contribution in [0, 0.1) is 17.7 Å². The van der Waals surface area contributed by atoms with Crippen LogP contribution in [-0.4, -0.2) is 51.7 Å². The van der Waals surface area contributed by atoms with E-state index in [-0.39, 0.29) is 24.0 Å². The minimum atomic E-state index is -0.938. The Morgan fingerprint density at radius 1 is 1.31 bits per heavy atom. The van der Waals surface area contributed by atoms with Gasteiger partial charge in [-0.25, -0.2) is 4.39 Å². The molecule has 1 aromatic carbocycles. The number of carboxylic acids is 1. The summed E-state index contributed by atoms with van der Waals surface area (Å²) in [6.45, 7) is 1.09. The normalized spacial score (nSPS) is 16.2. The second-order valence-corrected chi connectivity index (χ2v) is 6.10. The summed E-state index contributed by atoms with van der Waals surface area (Å²) < 4.78 is 18.2. The number of nitrogens with zero attached hydrogens (tertiary/aromatic N) is 3. The third kappa shape index (κ3) is 4.23. The maximum atomic E-state index is 13.0. The Bertz CT molecular complexity index is 771. The number of halogens is 1. The van der Waals surface area contributed by atoms with Crippen LogP contribution in [0.4, 0.5) is 4.39 Å². The maximum Gasteiger partial charge on any atom is 0.308 e. The molecule has 0 bridgehead atoms. The molecule has 0 spiro atoms. The molecule has 1 fully saturated rings. The third-order valence-electron chi connectivity index (χ3n) is 4.42. The van der Waals surface area contributed by atoms with Crippen LogP contribution >= 0.6 is 0 Å². The fraction of sp³-hybridized carbons (Fsp3) is 0.412. The van der Waals surface area contributed by atoms with E-state index in [1.807, 2.05) is 0 Å². The molecule has 8 nitrogen and oxygen atoms in total. The van der Waals surface area contributed by atoms with Gasteiger partial charge in [0.1, 0.15) is 5.82 Å². The van der Waals surface area contributed by atoms with Gasteiger partial charge in [0.15, 0.2) is 5.69 Å². The monoisotopic (exact) mass is 362 g/mol. The van der Waals surface area contributed by atoms with Crippen molar-refractivity contribution in [3.63, 3.8) is 0 Å². The molecule has 0 radical (unpaired) electrons. The summed E-state index contributed by atoms with van der Waals surface area (Å²) in [5.41, 5.74) is 0.571. The van der Waals surface area contributed by atoms with Gasteiger partial charge < -0.3 is 15.2 Å². The molecule has 0 saturated carbocycles. The highest BCUT2D eigenvalue weighted by atomic mass is 19.1. The van der Waals surface area contributed by atoms with Crippen LogP contribution in [0.1, 0.15) is 23.3 Å². The molecule has 1 aromatic heterocycles. The van der Waals surface area contributed by atoms with E-state index in [9.17, 15) is 19.1 Å². The van der Waals surface area contributed by atoms with Crippen LogP contribution in [0.5, 0.6) is 0 Å². The number of carbonyl (C=O) groups is 2. The van der Waals surface area contributed by atoms with E-state index in [1.54, 1.807) is 0 Å². The topological polar surface area (TPSA) is 106 Å². The molecule has 9 heteroatoms. The van der Waals surface area contributed by atoms with Crippen LogP contribution in [0.25, 0.3) is 5.69 Å². The van der Waals surface area contributed by atoms with Crippen LogP contribution in [0.2, 0.25) is 0 Å². The zero-order valence-electron chi connectivity index (χ0n) is 14.0. The molecule has 138 valence electrons. The summed E-state index contributed by atoms with van der Waals surface area (Å²) in [6.07, 6.45) is 2.60. The zero-order chi connectivity index (χ0) is 18.5. The smallest absolute Gasteiger partial charge is 0.308 e. The molecule has 1 unspecified atom stereocenters. The van der Waals surface area contributed by atoms with Gasteiger partial charge in [-0.05, 0) is 43.0 Å². The van der Waals surface area contributed by atoms with Gasteiger partial charge in [-0.1, -0.05) is 0 Å². The Hall–Kier alpha value is -2.81. The third-order valence-corrected chi connectivity index (χ3v) is 4.42. The number of hydrogen-bond donors (Lipinski definition) is 2. The van der Waals surface area contributed by atoms with Gasteiger partial charge >= 0.3 is 5.97 Å². The number of carboxylic acid groups (broad SMARTS) is 1. The molecular formula is C17H19FN4O4. The summed E-state index contributed by atoms with van der Waals surface area (Å²) in [6, 6.07) is 5.51. The van der Waals surface area contributed by atoms with Crippen molar-refractivity contribution in [2.75, 3.05) is 19.8 Å². The van der Waals surface area contributed by atoms with Crippen molar-refractivity contribution >= 4 is 11.9 Å². The highest BCUT2D eigenvalue weighted by Crippen LogP contribution is 2.23. The first kappa shape index (κ1) is 18.0. The van der Waals surface area contributed by atoms with E-state index in [4.69, 9.17) is 4.74 Å². The van der Waals surface area contributed by atoms with Gasteiger partial charge in [0.05, 0.1) is 17.8 Å². The van der Waals surface area contributed by atoms with Crippen molar-refractivity contribution in [2.45, 2.75) is 12.8 Å². The lowest BCUT2D eigenvalue weighted by Gasteiger charge is -2.27. The molecular weight excluding hydrogens is 343 g/mol. The van der Waals surface area contributed by atoms with Crippen molar-refractivity contribution in [2.24, 2.45) is 11.8 Å². The number of aliphatic carboxylic acids is 1. The standard InChI is InChI=1S/C17H19FN4O4/c18-12-1-3-13(4-2-12)22-20-10-15(21-22)16(23)19-9-14(17(24)25)11-5-7-26-8-6-11/h1-4,10-11,14H,5-9H2,(H,19,23)(H,24,25). The lowest BCUT2D eigenvalue weighted by atomic mass is 9.86. The number of carbonyl (C=O) groups excluding carboxylic acids is 1. The largest absolute Gasteiger partial charge is 0.481 e. The lowest BCUT2D eigenvalue weighted by Crippen LogP contribution is -2.39. The van der Waals surface area contributed by atoms with Gasteiger partial charge in [0.2, 0.25) is 0 Å². The fourth-order valence-electron chi connectivity index (χ4n) is 2.93. The molecule has 1 saturated heterocycles. The Labute approximate surface area is 149 Å². The average Bonchev–Trinajstić information content (AvgIpc) is 3.13. The number of amides is 1. The zero-order valence-corrected chi connectivity index (χ0v) is 14.0. The van der Waals surface area contributed by atoms with E-state index in [0.717, 1.165) is 0 Å². The van der Waals surface area contributed by atoms with Crippen LogP contribution in [-0.2, 0) is 9.53 Å². The van der Waals surface area contributed by atoms with E-state index >= 15 is 0 Å². The van der Waals surface area contributed by atoms with Gasteiger partial charge in [-0.15, -0.1) is 5.10 Å². The molecule has 3 rings (SSSR count). The molecule has 0 aliphatic carbocycles. The van der Waals surface area contributed by atoms with Crippen molar-refractivity contribution in [1.29, 1.82) is 0 Å². The maximum absolute atomic E-state index is 13.0. The summed E-state index contributed by atoms with van der Waals surface area (Å²) in [4.78, 5) is 25.0. The van der Waals surface area contributed by atoms with Gasteiger partial charge in [0, 0.05) is 19.8 Å². The Balaban J connectivity index is 1.62. The molecule has 2 aromatic rings. The first-order valence-electron chi connectivity index (χ1n) is 8.31. The second-order valence-electron chi connectivity index (χ2n) is 6.10. The predicted molar refractivity (Wildman–Crippen MR) is 88.3 cm³/mol. The number of nitrogens with one attached hydrogen (secondary N) is 1. The first-order valence-corrected chi connectivity index (χ1v) is 8.31. The Kier molecular flexibility index (Phi) is 5.57. The minimum Gasteiger partial charge on any atom is -0.481 e. The second kappa shape index (κ2) is 8.05. The van der Waals surface area contributed by atoms with Crippen molar-refractivity contribution in [1.82, 2.24) is 20.3 Å². The number of rotatable bonds is 6. The van der Waals surface area contributed by atoms with E-state index in [0.29, 0.717) is 31.7 Å². The first-order chi connectivity index (χ1) is 12.5. The van der Waals surface area contributed by atoms with Crippen LogP contribution < -0.4 is 5.32 Å². The molecule has 1 amide bonds. The Morgan fingerprint density at radius 3 is 2.65 bits per heavy atom. The molecule has 2 heterocycles. The van der Waals surface area contributed by atoms with Crippen molar-refractivity contribution in [3.05, 3.63) is 42.0 Å². The number of benzene rings is 1. The van der Waals surface area contributed by atoms with Crippen molar-refractivity contribution < 1.29 is 23.8 Å². The number of hydrogen-bond acceptors (Lipinski definition) is 5.